The normalized spacial score (nSPS) is 12.6. The second-order valence-corrected chi connectivity index (χ2v) is 6.64. The van der Waals surface area contributed by atoms with Crippen molar-refractivity contribution >= 4 is 0 Å². The van der Waals surface area contributed by atoms with Crippen LogP contribution in [0.25, 0.3) is 0 Å². The summed E-state index contributed by atoms with van der Waals surface area (Å²) < 4.78 is 24.1. The van der Waals surface area contributed by atoms with Gasteiger partial charge in [0, 0.05) is 25.2 Å². The number of ether oxygens (including phenoxy) is 2. The van der Waals surface area contributed by atoms with Crippen LogP contribution < -0.4 is 4.74 Å². The molecule has 0 fully saturated rings. The first kappa shape index (κ1) is 20.4. The smallest absolute Gasteiger partial charge is 0.123 e. The fourth-order valence-electron chi connectivity index (χ4n) is 2.76. The maximum atomic E-state index is 13.2. The van der Waals surface area contributed by atoms with Gasteiger partial charge in [0.15, 0.2) is 0 Å². The zero-order valence-corrected chi connectivity index (χ0v) is 15.7. The van der Waals surface area contributed by atoms with E-state index >= 15 is 0 Å². The maximum absolute atomic E-state index is 13.2. The van der Waals surface area contributed by atoms with E-state index in [1.165, 1.54) is 12.1 Å². The number of benzene rings is 2. The van der Waals surface area contributed by atoms with E-state index in [2.05, 4.69) is 4.90 Å². The molecular formula is C21H28FNO3. The van der Waals surface area contributed by atoms with Crippen LogP contribution >= 0.6 is 0 Å². The summed E-state index contributed by atoms with van der Waals surface area (Å²) in [5.74, 6) is 0.555. The van der Waals surface area contributed by atoms with Crippen LogP contribution in [0.5, 0.6) is 5.75 Å². The number of hydrogen-bond donors (Lipinski definition) is 1. The number of rotatable bonds is 10. The molecule has 0 heterocycles. The molecule has 26 heavy (non-hydrogen) atoms. The minimum atomic E-state index is -0.604. The molecule has 2 rings (SSSR count). The summed E-state index contributed by atoms with van der Waals surface area (Å²) in [4.78, 5) is 2.11. The van der Waals surface area contributed by atoms with Gasteiger partial charge in [0.25, 0.3) is 0 Å². The first-order chi connectivity index (χ1) is 12.5. The zero-order chi connectivity index (χ0) is 18.9. The van der Waals surface area contributed by atoms with Gasteiger partial charge in [0.05, 0.1) is 25.9 Å². The van der Waals surface area contributed by atoms with Gasteiger partial charge in [0.1, 0.15) is 11.6 Å². The molecule has 0 aromatic heterocycles. The van der Waals surface area contributed by atoms with Crippen molar-refractivity contribution < 1.29 is 19.0 Å². The third kappa shape index (κ3) is 6.75. The van der Waals surface area contributed by atoms with Crippen LogP contribution in [0.2, 0.25) is 0 Å². The molecule has 0 aliphatic heterocycles. The molecule has 5 heteroatoms. The van der Waals surface area contributed by atoms with E-state index in [1.807, 2.05) is 38.1 Å². The number of nitrogens with zero attached hydrogens (tertiary/aromatic N) is 1. The van der Waals surface area contributed by atoms with Gasteiger partial charge >= 0.3 is 0 Å². The van der Waals surface area contributed by atoms with Crippen LogP contribution in [-0.4, -0.2) is 42.5 Å². The van der Waals surface area contributed by atoms with E-state index in [-0.39, 0.29) is 18.5 Å². The Hall–Kier alpha value is -1.95. The molecule has 0 saturated carbocycles. The van der Waals surface area contributed by atoms with Crippen LogP contribution in [0.3, 0.4) is 0 Å². The molecular weight excluding hydrogens is 333 g/mol. The van der Waals surface area contributed by atoms with Crippen molar-refractivity contribution in [3.63, 3.8) is 0 Å². The monoisotopic (exact) mass is 361 g/mol. The maximum Gasteiger partial charge on any atom is 0.123 e. The molecule has 0 radical (unpaired) electrons. The molecule has 2 aromatic rings. The first-order valence-electron chi connectivity index (χ1n) is 8.86. The minimum absolute atomic E-state index is 0.0735. The summed E-state index contributed by atoms with van der Waals surface area (Å²) in [5, 5.41) is 10.3. The zero-order valence-electron chi connectivity index (χ0n) is 15.7. The summed E-state index contributed by atoms with van der Waals surface area (Å²) in [6.45, 7) is 5.82. The van der Waals surface area contributed by atoms with E-state index in [0.717, 1.165) is 16.9 Å². The van der Waals surface area contributed by atoms with E-state index in [9.17, 15) is 9.50 Å². The molecule has 0 aliphatic rings. The lowest BCUT2D eigenvalue weighted by Gasteiger charge is -2.26. The van der Waals surface area contributed by atoms with Gasteiger partial charge in [-0.2, -0.15) is 0 Å². The fourth-order valence-corrected chi connectivity index (χ4v) is 2.76. The van der Waals surface area contributed by atoms with Gasteiger partial charge in [-0.05, 0) is 37.6 Å². The second-order valence-electron chi connectivity index (χ2n) is 6.64. The average Bonchev–Trinajstić information content (AvgIpc) is 2.62. The lowest BCUT2D eigenvalue weighted by Crippen LogP contribution is -2.35. The van der Waals surface area contributed by atoms with E-state index in [1.54, 1.807) is 19.2 Å². The molecule has 2 aromatic carbocycles. The van der Waals surface area contributed by atoms with Crippen molar-refractivity contribution in [2.75, 3.05) is 20.3 Å². The van der Waals surface area contributed by atoms with Crippen LogP contribution in [0.1, 0.15) is 25.0 Å². The molecule has 4 nitrogen and oxygen atoms in total. The van der Waals surface area contributed by atoms with Crippen LogP contribution in [0, 0.1) is 5.82 Å². The highest BCUT2D eigenvalue weighted by Gasteiger charge is 2.16. The van der Waals surface area contributed by atoms with Crippen molar-refractivity contribution in [3.05, 3.63) is 65.5 Å². The Morgan fingerprint density at radius 2 is 1.73 bits per heavy atom. The quantitative estimate of drug-likeness (QED) is 0.702. The lowest BCUT2D eigenvalue weighted by atomic mass is 10.1. The van der Waals surface area contributed by atoms with E-state index in [0.29, 0.717) is 19.6 Å². The van der Waals surface area contributed by atoms with Crippen molar-refractivity contribution in [2.24, 2.45) is 0 Å². The van der Waals surface area contributed by atoms with Gasteiger partial charge in [-0.1, -0.05) is 30.3 Å². The topological polar surface area (TPSA) is 41.9 Å². The number of para-hydroxylation sites is 1. The summed E-state index contributed by atoms with van der Waals surface area (Å²) in [6, 6.07) is 14.3. The summed E-state index contributed by atoms with van der Waals surface area (Å²) in [5.41, 5.74) is 2.02. The SMILES string of the molecule is COc1ccccc1CN(Cc1ccc(F)cc1)CC(O)COC(C)C. The largest absolute Gasteiger partial charge is 0.496 e. The second kappa shape index (κ2) is 10.3. The van der Waals surface area contributed by atoms with Crippen molar-refractivity contribution in [3.8, 4) is 5.75 Å². The van der Waals surface area contributed by atoms with Crippen molar-refractivity contribution in [1.82, 2.24) is 4.90 Å². The molecule has 0 aliphatic carbocycles. The predicted octanol–water partition coefficient (Wildman–Crippen LogP) is 3.62. The number of halogens is 1. The van der Waals surface area contributed by atoms with E-state index in [4.69, 9.17) is 9.47 Å². The van der Waals surface area contributed by atoms with Gasteiger partial charge in [0.2, 0.25) is 0 Å². The highest BCUT2D eigenvalue weighted by atomic mass is 19.1. The first-order valence-corrected chi connectivity index (χ1v) is 8.86. The fraction of sp³-hybridized carbons (Fsp3) is 0.429. The molecule has 142 valence electrons. The van der Waals surface area contributed by atoms with Gasteiger partial charge in [-0.25, -0.2) is 4.39 Å². The lowest BCUT2D eigenvalue weighted by molar-refractivity contribution is -0.0107. The van der Waals surface area contributed by atoms with Gasteiger partial charge < -0.3 is 14.6 Å². The summed E-state index contributed by atoms with van der Waals surface area (Å²) in [6.07, 6.45) is -0.531. The number of hydrogen-bond acceptors (Lipinski definition) is 4. The average molecular weight is 361 g/mol. The third-order valence-corrected chi connectivity index (χ3v) is 4.00. The molecule has 1 N–H and O–H groups in total. The Morgan fingerprint density at radius 3 is 2.38 bits per heavy atom. The molecule has 1 atom stereocenters. The Labute approximate surface area is 155 Å². The highest BCUT2D eigenvalue weighted by Crippen LogP contribution is 2.20. The van der Waals surface area contributed by atoms with Gasteiger partial charge in [-0.15, -0.1) is 0 Å². The van der Waals surface area contributed by atoms with Gasteiger partial charge in [-0.3, -0.25) is 4.90 Å². The summed E-state index contributed by atoms with van der Waals surface area (Å²) >= 11 is 0. The molecule has 1 unspecified atom stereocenters. The highest BCUT2D eigenvalue weighted by molar-refractivity contribution is 5.33. The molecule has 0 amide bonds. The van der Waals surface area contributed by atoms with Crippen LogP contribution in [0.4, 0.5) is 4.39 Å². The molecule has 0 saturated heterocycles. The molecule has 0 spiro atoms. The Bertz CT molecular complexity index is 661. The van der Waals surface area contributed by atoms with Crippen LogP contribution in [-0.2, 0) is 17.8 Å². The number of aliphatic hydroxyl groups is 1. The Balaban J connectivity index is 2.10. The van der Waals surface area contributed by atoms with E-state index < -0.39 is 6.10 Å². The summed E-state index contributed by atoms with van der Waals surface area (Å²) in [7, 11) is 1.65. The third-order valence-electron chi connectivity index (χ3n) is 4.00. The molecule has 0 bridgehead atoms. The Morgan fingerprint density at radius 1 is 1.04 bits per heavy atom. The number of methoxy groups -OCH3 is 1. The predicted molar refractivity (Wildman–Crippen MR) is 101 cm³/mol. The van der Waals surface area contributed by atoms with Crippen molar-refractivity contribution in [2.45, 2.75) is 39.1 Å². The van der Waals surface area contributed by atoms with Crippen LogP contribution in [0.15, 0.2) is 48.5 Å². The minimum Gasteiger partial charge on any atom is -0.496 e. The Kier molecular flexibility index (Phi) is 8.04. The standard InChI is InChI=1S/C21H28FNO3/c1-16(2)26-15-20(24)14-23(12-17-8-10-19(22)11-9-17)13-18-6-4-5-7-21(18)25-3/h4-11,16,20,24H,12-15H2,1-3H3. The van der Waals surface area contributed by atoms with Crippen molar-refractivity contribution in [1.29, 1.82) is 0 Å². The number of aliphatic hydroxyl groups excluding tert-OH is 1.